The number of hydrogen-bond acceptors (Lipinski definition) is 3. The normalized spacial score (nSPS) is 36.7. The van der Waals surface area contributed by atoms with Gasteiger partial charge in [-0.05, 0) is 12.5 Å². The summed E-state index contributed by atoms with van der Waals surface area (Å²) in [7, 11) is 0. The molecule has 0 amide bonds. The summed E-state index contributed by atoms with van der Waals surface area (Å²) in [6.45, 7) is 0. The number of nitrogens with two attached hydrogens (primary N) is 1. The van der Waals surface area contributed by atoms with E-state index < -0.39 is 0 Å². The second kappa shape index (κ2) is 2.32. The molecule has 2 rings (SSSR count). The van der Waals surface area contributed by atoms with Crippen LogP contribution in [0.5, 0.6) is 0 Å². The van der Waals surface area contributed by atoms with Crippen LogP contribution in [0.3, 0.4) is 0 Å². The van der Waals surface area contributed by atoms with Gasteiger partial charge in [0.25, 0.3) is 0 Å². The lowest BCUT2D eigenvalue weighted by Crippen LogP contribution is -2.52. The molecule has 1 saturated carbocycles. The highest BCUT2D eigenvalue weighted by Crippen LogP contribution is 2.29. The third kappa shape index (κ3) is 0.948. The van der Waals surface area contributed by atoms with Crippen molar-refractivity contribution in [2.45, 2.75) is 24.6 Å². The van der Waals surface area contributed by atoms with Gasteiger partial charge in [0, 0.05) is 18.4 Å². The van der Waals surface area contributed by atoms with Crippen molar-refractivity contribution in [3.8, 4) is 0 Å². The highest BCUT2D eigenvalue weighted by molar-refractivity contribution is 4.98. The Kier molecular flexibility index (Phi) is 1.44. The quantitative estimate of drug-likeness (QED) is 0.572. The summed E-state index contributed by atoms with van der Waals surface area (Å²) in [5.41, 5.74) is 5.68. The molecule has 60 valence electrons. The van der Waals surface area contributed by atoms with Crippen LogP contribution in [0.1, 0.15) is 12.5 Å². The van der Waals surface area contributed by atoms with E-state index in [2.05, 4.69) is 5.10 Å². The SMILES string of the molecule is N[C@H]1C[C@@H](O)[C@@H]1n1cccn1. The summed E-state index contributed by atoms with van der Waals surface area (Å²) in [6, 6.07) is 1.88. The van der Waals surface area contributed by atoms with E-state index in [1.807, 2.05) is 12.3 Å². The number of aliphatic hydroxyl groups is 1. The van der Waals surface area contributed by atoms with Crippen molar-refractivity contribution < 1.29 is 5.11 Å². The zero-order chi connectivity index (χ0) is 7.84. The van der Waals surface area contributed by atoms with Gasteiger partial charge < -0.3 is 10.8 Å². The van der Waals surface area contributed by atoms with E-state index in [1.165, 1.54) is 0 Å². The van der Waals surface area contributed by atoms with E-state index >= 15 is 0 Å². The molecular formula is C7H11N3O. The molecule has 1 aromatic rings. The molecule has 11 heavy (non-hydrogen) atoms. The van der Waals surface area contributed by atoms with Crippen LogP contribution >= 0.6 is 0 Å². The topological polar surface area (TPSA) is 64.1 Å². The predicted octanol–water partition coefficient (Wildman–Crippen LogP) is -0.484. The van der Waals surface area contributed by atoms with Gasteiger partial charge in [0.1, 0.15) is 0 Å². The molecule has 1 aromatic heterocycles. The number of hydrogen-bond donors (Lipinski definition) is 2. The fourth-order valence-corrected chi connectivity index (χ4v) is 1.48. The monoisotopic (exact) mass is 153 g/mol. The van der Waals surface area contributed by atoms with Crippen LogP contribution < -0.4 is 5.73 Å². The number of rotatable bonds is 1. The Morgan fingerprint density at radius 3 is 2.91 bits per heavy atom. The van der Waals surface area contributed by atoms with Gasteiger partial charge in [-0.25, -0.2) is 0 Å². The highest BCUT2D eigenvalue weighted by Gasteiger charge is 2.38. The molecule has 1 heterocycles. The van der Waals surface area contributed by atoms with Crippen LogP contribution in [0.2, 0.25) is 0 Å². The van der Waals surface area contributed by atoms with E-state index in [4.69, 9.17) is 5.73 Å². The minimum atomic E-state index is -0.315. The zero-order valence-corrected chi connectivity index (χ0v) is 6.09. The maximum Gasteiger partial charge on any atom is 0.0929 e. The van der Waals surface area contributed by atoms with Gasteiger partial charge in [-0.2, -0.15) is 5.10 Å². The van der Waals surface area contributed by atoms with Crippen LogP contribution in [0, 0.1) is 0 Å². The molecule has 0 bridgehead atoms. The van der Waals surface area contributed by atoms with E-state index in [0.717, 1.165) is 0 Å². The van der Waals surface area contributed by atoms with Crippen molar-refractivity contribution in [1.29, 1.82) is 0 Å². The van der Waals surface area contributed by atoms with Crippen LogP contribution in [0.15, 0.2) is 18.5 Å². The maximum atomic E-state index is 9.31. The molecule has 1 aliphatic carbocycles. The Balaban J connectivity index is 2.17. The van der Waals surface area contributed by atoms with Gasteiger partial charge in [0.2, 0.25) is 0 Å². The number of aromatic nitrogens is 2. The van der Waals surface area contributed by atoms with Crippen molar-refractivity contribution >= 4 is 0 Å². The summed E-state index contributed by atoms with van der Waals surface area (Å²) in [5, 5.41) is 13.3. The number of aliphatic hydroxyl groups excluding tert-OH is 1. The largest absolute Gasteiger partial charge is 0.391 e. The van der Waals surface area contributed by atoms with Crippen molar-refractivity contribution in [3.63, 3.8) is 0 Å². The van der Waals surface area contributed by atoms with E-state index in [-0.39, 0.29) is 18.2 Å². The molecule has 1 aliphatic rings. The van der Waals surface area contributed by atoms with Crippen LogP contribution in [0.4, 0.5) is 0 Å². The van der Waals surface area contributed by atoms with Crippen molar-refractivity contribution in [2.24, 2.45) is 5.73 Å². The average Bonchev–Trinajstić information content (AvgIpc) is 2.39. The van der Waals surface area contributed by atoms with Crippen molar-refractivity contribution in [3.05, 3.63) is 18.5 Å². The molecule has 0 aliphatic heterocycles. The predicted molar refractivity (Wildman–Crippen MR) is 39.9 cm³/mol. The fourth-order valence-electron chi connectivity index (χ4n) is 1.48. The Labute approximate surface area is 64.6 Å². The molecule has 0 radical (unpaired) electrons. The third-order valence-corrected chi connectivity index (χ3v) is 2.18. The molecule has 1 fully saturated rings. The zero-order valence-electron chi connectivity index (χ0n) is 6.09. The molecule has 3 atom stereocenters. The molecule has 0 unspecified atom stereocenters. The molecule has 4 nitrogen and oxygen atoms in total. The summed E-state index contributed by atoms with van der Waals surface area (Å²) in [5.74, 6) is 0. The van der Waals surface area contributed by atoms with Gasteiger partial charge in [0.05, 0.1) is 12.1 Å². The van der Waals surface area contributed by atoms with Gasteiger partial charge in [-0.15, -0.1) is 0 Å². The molecule has 0 aromatic carbocycles. The lowest BCUT2D eigenvalue weighted by atomic mass is 9.84. The Bertz CT molecular complexity index is 226. The summed E-state index contributed by atoms with van der Waals surface area (Å²) < 4.78 is 1.72. The lowest BCUT2D eigenvalue weighted by Gasteiger charge is -2.38. The lowest BCUT2D eigenvalue weighted by molar-refractivity contribution is 0.00636. The van der Waals surface area contributed by atoms with Gasteiger partial charge in [0.15, 0.2) is 0 Å². The smallest absolute Gasteiger partial charge is 0.0929 e. The van der Waals surface area contributed by atoms with E-state index in [1.54, 1.807) is 10.9 Å². The van der Waals surface area contributed by atoms with Gasteiger partial charge in [-0.3, -0.25) is 4.68 Å². The first kappa shape index (κ1) is 6.82. The first-order valence-corrected chi connectivity index (χ1v) is 3.72. The standard InChI is InChI=1S/C7H11N3O/c8-5-4-6(11)7(5)10-3-1-2-9-10/h1-3,5-7,11H,4,8H2/t5-,6+,7+/m0/s1. The molecular weight excluding hydrogens is 142 g/mol. The highest BCUT2D eigenvalue weighted by atomic mass is 16.3. The number of nitrogens with zero attached hydrogens (tertiary/aromatic N) is 2. The molecule has 3 N–H and O–H groups in total. The van der Waals surface area contributed by atoms with Gasteiger partial charge >= 0.3 is 0 Å². The fraction of sp³-hybridized carbons (Fsp3) is 0.571. The van der Waals surface area contributed by atoms with Crippen LogP contribution in [0.25, 0.3) is 0 Å². The minimum absolute atomic E-state index is 0.00926. The maximum absolute atomic E-state index is 9.31. The summed E-state index contributed by atoms with van der Waals surface area (Å²) in [6.07, 6.45) is 3.89. The van der Waals surface area contributed by atoms with Gasteiger partial charge in [-0.1, -0.05) is 0 Å². The summed E-state index contributed by atoms with van der Waals surface area (Å²) >= 11 is 0. The van der Waals surface area contributed by atoms with E-state index in [9.17, 15) is 5.11 Å². The first-order valence-electron chi connectivity index (χ1n) is 3.72. The summed E-state index contributed by atoms with van der Waals surface area (Å²) in [4.78, 5) is 0. The second-order valence-electron chi connectivity index (χ2n) is 2.94. The molecule has 0 saturated heterocycles. The first-order chi connectivity index (χ1) is 5.29. The Morgan fingerprint density at radius 1 is 1.64 bits per heavy atom. The second-order valence-corrected chi connectivity index (χ2v) is 2.94. The van der Waals surface area contributed by atoms with Crippen LogP contribution in [-0.2, 0) is 0 Å². The van der Waals surface area contributed by atoms with Crippen molar-refractivity contribution in [1.82, 2.24) is 9.78 Å². The molecule has 0 spiro atoms. The van der Waals surface area contributed by atoms with Crippen LogP contribution in [-0.4, -0.2) is 27.0 Å². The Hall–Kier alpha value is -0.870. The van der Waals surface area contributed by atoms with E-state index in [0.29, 0.717) is 6.42 Å². The minimum Gasteiger partial charge on any atom is -0.391 e. The van der Waals surface area contributed by atoms with Crippen molar-refractivity contribution in [2.75, 3.05) is 0 Å². The molecule has 4 heteroatoms. The Morgan fingerprint density at radius 2 is 2.45 bits per heavy atom. The average molecular weight is 153 g/mol. The third-order valence-electron chi connectivity index (χ3n) is 2.18.